The first-order valence-corrected chi connectivity index (χ1v) is 6.38. The lowest BCUT2D eigenvalue weighted by Gasteiger charge is -2.01. The van der Waals surface area contributed by atoms with Crippen molar-refractivity contribution in [2.45, 2.75) is 13.1 Å². The highest BCUT2D eigenvalue weighted by molar-refractivity contribution is 5.79. The highest BCUT2D eigenvalue weighted by Crippen LogP contribution is 2.26. The number of halogens is 2. The lowest BCUT2D eigenvalue weighted by Crippen LogP contribution is -1.99. The lowest BCUT2D eigenvalue weighted by atomic mass is 10.1. The van der Waals surface area contributed by atoms with Crippen molar-refractivity contribution in [2.24, 2.45) is 0 Å². The van der Waals surface area contributed by atoms with Gasteiger partial charge >= 0.3 is 0 Å². The number of imidazole rings is 1. The molecular weight excluding hydrogens is 260 g/mol. The van der Waals surface area contributed by atoms with Crippen molar-refractivity contribution in [3.05, 3.63) is 53.1 Å². The monoisotopic (exact) mass is 271 g/mol. The minimum Gasteiger partial charge on any atom is -0.338 e. The summed E-state index contributed by atoms with van der Waals surface area (Å²) in [6, 6.07) is 8.32. The molecule has 2 aromatic carbocycles. The topological polar surface area (TPSA) is 40.7 Å². The summed E-state index contributed by atoms with van der Waals surface area (Å²) in [5, 5.41) is 3.28. The standard InChI is InChI=1S/C15H11F2N3/c16-11-4-13-14(5-12(11)17)20-15(19-13)8-1-2-9-6-18-7-10(9)3-8/h1-5,18H,6-7H2,(H,19,20). The van der Waals surface area contributed by atoms with Crippen LogP contribution in [0.1, 0.15) is 11.1 Å². The van der Waals surface area contributed by atoms with Gasteiger partial charge in [0, 0.05) is 30.8 Å². The first-order chi connectivity index (χ1) is 9.70. The van der Waals surface area contributed by atoms with Gasteiger partial charge in [0.25, 0.3) is 0 Å². The van der Waals surface area contributed by atoms with Crippen molar-refractivity contribution in [3.8, 4) is 11.4 Å². The van der Waals surface area contributed by atoms with Crippen molar-refractivity contribution in [3.63, 3.8) is 0 Å². The molecule has 0 saturated heterocycles. The molecule has 0 atom stereocenters. The largest absolute Gasteiger partial charge is 0.338 e. The molecule has 5 heteroatoms. The van der Waals surface area contributed by atoms with Crippen molar-refractivity contribution < 1.29 is 8.78 Å². The molecule has 0 unspecified atom stereocenters. The van der Waals surface area contributed by atoms with Crippen molar-refractivity contribution in [1.29, 1.82) is 0 Å². The van der Waals surface area contributed by atoms with Gasteiger partial charge in [-0.3, -0.25) is 0 Å². The van der Waals surface area contributed by atoms with Crippen LogP contribution in [-0.4, -0.2) is 9.97 Å². The van der Waals surface area contributed by atoms with Gasteiger partial charge in [0.1, 0.15) is 5.82 Å². The molecular formula is C15H11F2N3. The Balaban J connectivity index is 1.86. The van der Waals surface area contributed by atoms with Crippen LogP contribution in [-0.2, 0) is 13.1 Å². The Bertz CT molecular complexity index is 784. The van der Waals surface area contributed by atoms with E-state index in [1.165, 1.54) is 11.1 Å². The molecule has 2 heterocycles. The predicted octanol–water partition coefficient (Wildman–Crippen LogP) is 3.11. The minimum atomic E-state index is -0.881. The van der Waals surface area contributed by atoms with Crippen molar-refractivity contribution >= 4 is 11.0 Å². The second-order valence-electron chi connectivity index (χ2n) is 4.96. The number of rotatable bonds is 1. The number of benzene rings is 2. The maximum atomic E-state index is 13.2. The zero-order chi connectivity index (χ0) is 13.7. The molecule has 1 aromatic heterocycles. The molecule has 0 amide bonds. The van der Waals surface area contributed by atoms with Gasteiger partial charge < -0.3 is 10.3 Å². The normalized spacial score (nSPS) is 13.9. The van der Waals surface area contributed by atoms with Crippen LogP contribution in [0.4, 0.5) is 8.78 Å². The second kappa shape index (κ2) is 4.11. The van der Waals surface area contributed by atoms with E-state index in [0.29, 0.717) is 16.9 Å². The Labute approximate surface area is 113 Å². The van der Waals surface area contributed by atoms with E-state index in [2.05, 4.69) is 27.4 Å². The van der Waals surface area contributed by atoms with E-state index in [0.717, 1.165) is 30.8 Å². The maximum absolute atomic E-state index is 13.2. The van der Waals surface area contributed by atoms with Gasteiger partial charge in [-0.25, -0.2) is 13.8 Å². The van der Waals surface area contributed by atoms with Crippen LogP contribution in [0, 0.1) is 11.6 Å². The zero-order valence-electron chi connectivity index (χ0n) is 10.5. The molecule has 0 spiro atoms. The summed E-state index contributed by atoms with van der Waals surface area (Å²) in [5.41, 5.74) is 4.36. The third-order valence-electron chi connectivity index (χ3n) is 3.63. The number of nitrogens with zero attached hydrogens (tertiary/aromatic N) is 1. The van der Waals surface area contributed by atoms with Gasteiger partial charge in [0.2, 0.25) is 0 Å². The highest BCUT2D eigenvalue weighted by Gasteiger charge is 2.13. The van der Waals surface area contributed by atoms with Gasteiger partial charge in [-0.05, 0) is 17.2 Å². The van der Waals surface area contributed by atoms with Crippen LogP contribution >= 0.6 is 0 Å². The van der Waals surface area contributed by atoms with E-state index in [9.17, 15) is 8.78 Å². The van der Waals surface area contributed by atoms with Crippen LogP contribution in [0.2, 0.25) is 0 Å². The van der Waals surface area contributed by atoms with Gasteiger partial charge in [0.05, 0.1) is 11.0 Å². The Kier molecular flexibility index (Phi) is 2.37. The number of aromatic nitrogens is 2. The van der Waals surface area contributed by atoms with Crippen LogP contribution in [0.3, 0.4) is 0 Å². The van der Waals surface area contributed by atoms with Crippen molar-refractivity contribution in [1.82, 2.24) is 15.3 Å². The maximum Gasteiger partial charge on any atom is 0.161 e. The van der Waals surface area contributed by atoms with E-state index < -0.39 is 11.6 Å². The summed E-state index contributed by atoms with van der Waals surface area (Å²) >= 11 is 0. The quantitative estimate of drug-likeness (QED) is 0.714. The molecule has 2 N–H and O–H groups in total. The Morgan fingerprint density at radius 2 is 1.75 bits per heavy atom. The molecule has 4 rings (SSSR count). The van der Waals surface area contributed by atoms with E-state index in [1.54, 1.807) is 0 Å². The molecule has 0 radical (unpaired) electrons. The summed E-state index contributed by atoms with van der Waals surface area (Å²) in [4.78, 5) is 7.36. The molecule has 100 valence electrons. The molecule has 0 bridgehead atoms. The first-order valence-electron chi connectivity index (χ1n) is 6.38. The van der Waals surface area contributed by atoms with Gasteiger partial charge in [-0.15, -0.1) is 0 Å². The molecule has 0 saturated carbocycles. The third kappa shape index (κ3) is 1.71. The third-order valence-corrected chi connectivity index (χ3v) is 3.63. The lowest BCUT2D eigenvalue weighted by molar-refractivity contribution is 0.510. The Hall–Kier alpha value is -2.27. The second-order valence-corrected chi connectivity index (χ2v) is 4.96. The Morgan fingerprint density at radius 3 is 2.65 bits per heavy atom. The Morgan fingerprint density at radius 1 is 0.950 bits per heavy atom. The predicted molar refractivity (Wildman–Crippen MR) is 72.0 cm³/mol. The zero-order valence-corrected chi connectivity index (χ0v) is 10.5. The smallest absolute Gasteiger partial charge is 0.161 e. The number of hydrogen-bond donors (Lipinski definition) is 2. The highest BCUT2D eigenvalue weighted by atomic mass is 19.2. The van der Waals surface area contributed by atoms with E-state index in [4.69, 9.17) is 0 Å². The summed E-state index contributed by atoms with van der Waals surface area (Å²) in [6.45, 7) is 1.72. The first kappa shape index (κ1) is 11.5. The van der Waals surface area contributed by atoms with Crippen LogP contribution in [0.15, 0.2) is 30.3 Å². The van der Waals surface area contributed by atoms with E-state index in [-0.39, 0.29) is 0 Å². The van der Waals surface area contributed by atoms with Gasteiger partial charge in [0.15, 0.2) is 11.6 Å². The van der Waals surface area contributed by atoms with E-state index in [1.807, 2.05) is 6.07 Å². The summed E-state index contributed by atoms with van der Waals surface area (Å²) in [5.74, 6) is -1.13. The number of H-pyrrole nitrogens is 1. The average Bonchev–Trinajstić information content (AvgIpc) is 3.04. The molecule has 3 aromatic rings. The molecule has 1 aliphatic heterocycles. The average molecular weight is 271 g/mol. The summed E-state index contributed by atoms with van der Waals surface area (Å²) < 4.78 is 26.4. The number of nitrogens with one attached hydrogen (secondary N) is 2. The SMILES string of the molecule is Fc1cc2nc(-c3ccc4c(c3)CNC4)[nH]c2cc1F. The molecule has 0 aliphatic carbocycles. The van der Waals surface area contributed by atoms with E-state index >= 15 is 0 Å². The summed E-state index contributed by atoms with van der Waals surface area (Å²) in [6.07, 6.45) is 0. The van der Waals surface area contributed by atoms with Crippen molar-refractivity contribution in [2.75, 3.05) is 0 Å². The molecule has 3 nitrogen and oxygen atoms in total. The number of fused-ring (bicyclic) bond motifs is 2. The summed E-state index contributed by atoms with van der Waals surface area (Å²) in [7, 11) is 0. The van der Waals surface area contributed by atoms with Gasteiger partial charge in [-0.2, -0.15) is 0 Å². The molecule has 20 heavy (non-hydrogen) atoms. The van der Waals surface area contributed by atoms with Crippen LogP contribution in [0.5, 0.6) is 0 Å². The van der Waals surface area contributed by atoms with Gasteiger partial charge in [-0.1, -0.05) is 12.1 Å². The molecule has 0 fully saturated rings. The van der Waals surface area contributed by atoms with Crippen LogP contribution in [0.25, 0.3) is 22.4 Å². The fraction of sp³-hybridized carbons (Fsp3) is 0.133. The minimum absolute atomic E-state index is 0.428. The van der Waals surface area contributed by atoms with Crippen LogP contribution < -0.4 is 5.32 Å². The molecule has 1 aliphatic rings. The fourth-order valence-electron chi connectivity index (χ4n) is 2.58. The number of aromatic amines is 1. The fourth-order valence-corrected chi connectivity index (χ4v) is 2.58. The number of hydrogen-bond acceptors (Lipinski definition) is 2.